The topological polar surface area (TPSA) is 163 Å². The highest BCUT2D eigenvalue weighted by molar-refractivity contribution is 8.01. The third-order valence-electron chi connectivity index (χ3n) is 4.49. The second-order valence-electron chi connectivity index (χ2n) is 6.14. The van der Waals surface area contributed by atoms with Gasteiger partial charge in [0.2, 0.25) is 11.1 Å². The van der Waals surface area contributed by atoms with Gasteiger partial charge in [0.05, 0.1) is 6.07 Å². The lowest BCUT2D eigenvalue weighted by Gasteiger charge is -2.55. The first kappa shape index (κ1) is 22.4. The summed E-state index contributed by atoms with van der Waals surface area (Å²) < 4.78 is 6.81. The molecule has 15 heteroatoms. The Bertz CT molecular complexity index is 961. The molecular formula is C15H17N7O5S3. The fraction of sp³-hybridized carbons (Fsp3) is 0.533. The standard InChI is InChI=1S/C15H17N7O5S3/c1-21-14(18-19-20-21)30-6-7-5-29-13-15(27-2,17-10(23)8(4-16)28-3)12(26)22(13)9(7)11(24)25/h8,13H,5-6H2,1-3H3,(H,17,23)(H,24,25)/t8?,13-,15+/m0/s1. The first-order chi connectivity index (χ1) is 14.3. The summed E-state index contributed by atoms with van der Waals surface area (Å²) in [5.74, 6) is -2.05. The Morgan fingerprint density at radius 3 is 2.83 bits per heavy atom. The number of aryl methyl sites for hydroxylation is 1. The van der Waals surface area contributed by atoms with Crippen molar-refractivity contribution in [3.63, 3.8) is 0 Å². The zero-order valence-corrected chi connectivity index (χ0v) is 18.5. The number of nitrogens with zero attached hydrogens (tertiary/aromatic N) is 6. The summed E-state index contributed by atoms with van der Waals surface area (Å²) in [7, 11) is 2.92. The molecule has 2 aliphatic heterocycles. The lowest BCUT2D eigenvalue weighted by atomic mass is 9.98. The zero-order valence-electron chi connectivity index (χ0n) is 16.1. The molecule has 3 rings (SSSR count). The van der Waals surface area contributed by atoms with Gasteiger partial charge in [-0.15, -0.1) is 28.6 Å². The Morgan fingerprint density at radius 1 is 1.57 bits per heavy atom. The number of nitrogens with one attached hydrogen (secondary N) is 1. The summed E-state index contributed by atoms with van der Waals surface area (Å²) in [6.45, 7) is 0. The van der Waals surface area contributed by atoms with Gasteiger partial charge in [0.25, 0.3) is 11.6 Å². The second kappa shape index (κ2) is 8.84. The number of thioether (sulfide) groups is 3. The minimum Gasteiger partial charge on any atom is -0.477 e. The van der Waals surface area contributed by atoms with Crippen molar-refractivity contribution < 1.29 is 24.2 Å². The predicted octanol–water partition coefficient (Wildman–Crippen LogP) is -0.730. The number of carbonyl (C=O) groups excluding carboxylic acids is 2. The Morgan fingerprint density at radius 2 is 2.30 bits per heavy atom. The maximum Gasteiger partial charge on any atom is 0.352 e. The Kier molecular flexibility index (Phi) is 6.60. The van der Waals surface area contributed by atoms with Crippen LogP contribution in [0.2, 0.25) is 0 Å². The van der Waals surface area contributed by atoms with Crippen molar-refractivity contribution >= 4 is 53.1 Å². The van der Waals surface area contributed by atoms with Crippen molar-refractivity contribution in [3.05, 3.63) is 11.3 Å². The molecule has 1 aromatic rings. The molecule has 0 spiro atoms. The van der Waals surface area contributed by atoms with Crippen molar-refractivity contribution in [1.29, 1.82) is 5.26 Å². The predicted molar refractivity (Wildman–Crippen MR) is 108 cm³/mol. The van der Waals surface area contributed by atoms with Crippen LogP contribution in [0.3, 0.4) is 0 Å². The maximum absolute atomic E-state index is 13.0. The fourth-order valence-electron chi connectivity index (χ4n) is 3.02. The molecule has 1 aromatic heterocycles. The number of carboxylic acid groups (broad SMARTS) is 1. The molecular weight excluding hydrogens is 454 g/mol. The van der Waals surface area contributed by atoms with Crippen LogP contribution in [0.5, 0.6) is 0 Å². The molecule has 3 heterocycles. The van der Waals surface area contributed by atoms with E-state index in [0.717, 1.165) is 16.7 Å². The van der Waals surface area contributed by atoms with Crippen molar-refractivity contribution in [2.24, 2.45) is 7.05 Å². The number of carboxylic acids is 1. The van der Waals surface area contributed by atoms with Gasteiger partial charge in [-0.05, 0) is 22.3 Å². The Hall–Kier alpha value is -2.28. The van der Waals surface area contributed by atoms with Crippen LogP contribution >= 0.6 is 35.3 Å². The number of aromatic nitrogens is 4. The van der Waals surface area contributed by atoms with E-state index in [0.29, 0.717) is 16.5 Å². The number of tetrazole rings is 1. The minimum atomic E-state index is -1.72. The zero-order chi connectivity index (χ0) is 22.1. The Balaban J connectivity index is 1.85. The fourth-order valence-corrected chi connectivity index (χ4v) is 5.82. The van der Waals surface area contributed by atoms with Gasteiger partial charge in [0.1, 0.15) is 11.1 Å². The number of nitriles is 1. The number of β-lactam (4-membered cyclic amide) rings is 1. The first-order valence-electron chi connectivity index (χ1n) is 8.36. The summed E-state index contributed by atoms with van der Waals surface area (Å²) in [5, 5.41) is 31.2. The molecule has 0 bridgehead atoms. The highest BCUT2D eigenvalue weighted by Crippen LogP contribution is 2.47. The normalized spacial score (nSPS) is 24.0. The van der Waals surface area contributed by atoms with Crippen LogP contribution in [0, 0.1) is 11.3 Å². The van der Waals surface area contributed by atoms with Gasteiger partial charge in [0, 0.05) is 25.7 Å². The molecule has 2 aliphatic rings. The highest BCUT2D eigenvalue weighted by atomic mass is 32.2. The van der Waals surface area contributed by atoms with E-state index in [9.17, 15) is 19.5 Å². The van der Waals surface area contributed by atoms with Gasteiger partial charge in [-0.25, -0.2) is 9.48 Å². The number of methoxy groups -OCH3 is 1. The van der Waals surface area contributed by atoms with Gasteiger partial charge in [-0.3, -0.25) is 14.5 Å². The van der Waals surface area contributed by atoms with Crippen molar-refractivity contribution in [3.8, 4) is 6.07 Å². The van der Waals surface area contributed by atoms with E-state index in [2.05, 4.69) is 20.8 Å². The summed E-state index contributed by atoms with van der Waals surface area (Å²) in [4.78, 5) is 38.4. The number of hydrogen-bond acceptors (Lipinski definition) is 11. The van der Waals surface area contributed by atoms with E-state index >= 15 is 0 Å². The molecule has 3 atom stereocenters. The Labute approximate surface area is 183 Å². The van der Waals surface area contributed by atoms with Gasteiger partial charge >= 0.3 is 5.97 Å². The molecule has 0 aliphatic carbocycles. The molecule has 1 saturated heterocycles. The maximum atomic E-state index is 13.0. The van der Waals surface area contributed by atoms with E-state index in [1.807, 2.05) is 6.07 Å². The van der Waals surface area contributed by atoms with E-state index in [1.165, 1.54) is 35.3 Å². The third-order valence-corrected chi connectivity index (χ3v) is 7.75. The molecule has 1 unspecified atom stereocenters. The highest BCUT2D eigenvalue weighted by Gasteiger charge is 2.66. The smallest absolute Gasteiger partial charge is 0.352 e. The second-order valence-corrected chi connectivity index (χ2v) is 9.10. The van der Waals surface area contributed by atoms with E-state index < -0.39 is 34.1 Å². The van der Waals surface area contributed by atoms with Gasteiger partial charge in [-0.2, -0.15) is 5.26 Å². The number of rotatable bonds is 8. The molecule has 160 valence electrons. The van der Waals surface area contributed by atoms with Crippen molar-refractivity contribution in [1.82, 2.24) is 30.4 Å². The van der Waals surface area contributed by atoms with Crippen molar-refractivity contribution in [2.45, 2.75) is 21.5 Å². The van der Waals surface area contributed by atoms with Crippen LogP contribution in [-0.4, -0.2) is 89.2 Å². The average molecular weight is 472 g/mol. The number of carbonyl (C=O) groups is 3. The van der Waals surface area contributed by atoms with Crippen LogP contribution < -0.4 is 5.32 Å². The quantitative estimate of drug-likeness (QED) is 0.278. The van der Waals surface area contributed by atoms with Crippen LogP contribution in [-0.2, 0) is 26.2 Å². The van der Waals surface area contributed by atoms with Crippen molar-refractivity contribution in [2.75, 3.05) is 24.9 Å². The third kappa shape index (κ3) is 3.64. The molecule has 12 nitrogen and oxygen atoms in total. The average Bonchev–Trinajstić information content (AvgIpc) is 3.14. The summed E-state index contributed by atoms with van der Waals surface area (Å²) in [6.07, 6.45) is 1.60. The first-order valence-corrected chi connectivity index (χ1v) is 11.7. The summed E-state index contributed by atoms with van der Waals surface area (Å²) in [5.41, 5.74) is -1.34. The van der Waals surface area contributed by atoms with Crippen LogP contribution in [0.15, 0.2) is 16.4 Å². The van der Waals surface area contributed by atoms with E-state index in [4.69, 9.17) is 10.00 Å². The molecule has 0 saturated carbocycles. The molecule has 1 fully saturated rings. The lowest BCUT2D eigenvalue weighted by molar-refractivity contribution is -0.192. The van der Waals surface area contributed by atoms with E-state index in [1.54, 1.807) is 13.3 Å². The number of ether oxygens (including phenoxy) is 1. The van der Waals surface area contributed by atoms with Crippen LogP contribution in [0.25, 0.3) is 0 Å². The number of fused-ring (bicyclic) bond motifs is 1. The number of hydrogen-bond donors (Lipinski definition) is 2. The van der Waals surface area contributed by atoms with Gasteiger partial charge in [-0.1, -0.05) is 11.8 Å². The van der Waals surface area contributed by atoms with E-state index in [-0.39, 0.29) is 11.4 Å². The number of aliphatic carboxylic acids is 1. The lowest BCUT2D eigenvalue weighted by Crippen LogP contribution is -2.81. The van der Waals surface area contributed by atoms with Crippen LogP contribution in [0.4, 0.5) is 0 Å². The molecule has 30 heavy (non-hydrogen) atoms. The number of amides is 2. The van der Waals surface area contributed by atoms with Crippen LogP contribution in [0.1, 0.15) is 0 Å². The summed E-state index contributed by atoms with van der Waals surface area (Å²) >= 11 is 3.54. The minimum absolute atomic E-state index is 0.144. The summed E-state index contributed by atoms with van der Waals surface area (Å²) in [6, 6.07) is 1.84. The molecule has 0 aromatic carbocycles. The SMILES string of the molecule is CO[C@]1(NC(=O)C(C#N)SC)C(=O)N2C(C(=O)O)=C(CSc3nnnn3C)CS[C@H]21. The van der Waals surface area contributed by atoms with Gasteiger partial charge < -0.3 is 15.2 Å². The molecule has 0 radical (unpaired) electrons. The monoisotopic (exact) mass is 471 g/mol. The largest absolute Gasteiger partial charge is 0.477 e. The molecule has 2 amide bonds. The van der Waals surface area contributed by atoms with Gasteiger partial charge in [0.15, 0.2) is 5.25 Å². The molecule has 2 N–H and O–H groups in total.